The van der Waals surface area contributed by atoms with E-state index in [2.05, 4.69) is 33.5 Å². The Bertz CT molecular complexity index is 1290. The van der Waals surface area contributed by atoms with Crippen LogP contribution in [-0.4, -0.2) is 19.6 Å². The zero-order valence-electron chi connectivity index (χ0n) is 14.9. The molecule has 0 saturated heterocycles. The Balaban J connectivity index is 1.47. The fourth-order valence-electron chi connectivity index (χ4n) is 3.27. The highest BCUT2D eigenvalue weighted by atomic mass is 35.5. The number of rotatable bonds is 4. The van der Waals surface area contributed by atoms with Gasteiger partial charge in [-0.05, 0) is 54.1 Å². The van der Waals surface area contributed by atoms with Gasteiger partial charge in [-0.15, -0.1) is 5.10 Å². The van der Waals surface area contributed by atoms with E-state index in [1.54, 1.807) is 0 Å². The van der Waals surface area contributed by atoms with Crippen molar-refractivity contribution < 1.29 is 0 Å². The summed E-state index contributed by atoms with van der Waals surface area (Å²) in [5, 5.41) is 9.81. The van der Waals surface area contributed by atoms with E-state index >= 15 is 0 Å². The molecule has 1 N–H and O–H groups in total. The highest BCUT2D eigenvalue weighted by Crippen LogP contribution is 2.21. The molecule has 136 valence electrons. The van der Waals surface area contributed by atoms with Gasteiger partial charge in [-0.3, -0.25) is 4.98 Å². The van der Waals surface area contributed by atoms with Gasteiger partial charge in [0, 0.05) is 28.7 Å². The molecule has 2 aromatic carbocycles. The number of anilines is 2. The van der Waals surface area contributed by atoms with E-state index in [4.69, 9.17) is 16.7 Å². The van der Waals surface area contributed by atoms with Crippen molar-refractivity contribution >= 4 is 39.7 Å². The summed E-state index contributed by atoms with van der Waals surface area (Å²) in [7, 11) is 0. The molecule has 5 rings (SSSR count). The topological polar surface area (TPSA) is 55.1 Å². The molecule has 0 atom stereocenters. The van der Waals surface area contributed by atoms with Crippen LogP contribution in [0.2, 0.25) is 5.02 Å². The molecule has 0 saturated carbocycles. The first-order valence-corrected chi connectivity index (χ1v) is 9.32. The van der Waals surface area contributed by atoms with E-state index < -0.39 is 0 Å². The number of benzene rings is 2. The number of nitrogens with zero attached hydrogens (tertiary/aromatic N) is 4. The Labute approximate surface area is 166 Å². The number of imidazole rings is 1. The fourth-order valence-corrected chi connectivity index (χ4v) is 3.46. The predicted octanol–water partition coefficient (Wildman–Crippen LogP) is 5.27. The fraction of sp³-hybridized carbons (Fsp3) is 0.0455. The van der Waals surface area contributed by atoms with Gasteiger partial charge in [0.1, 0.15) is 0 Å². The van der Waals surface area contributed by atoms with E-state index in [9.17, 15) is 0 Å². The average molecular weight is 386 g/mol. The molecule has 5 aromatic rings. The van der Waals surface area contributed by atoms with Crippen LogP contribution in [0.1, 0.15) is 11.3 Å². The molecule has 5 nitrogen and oxygen atoms in total. The molecule has 0 unspecified atom stereocenters. The van der Waals surface area contributed by atoms with Crippen molar-refractivity contribution in [1.82, 2.24) is 19.6 Å². The summed E-state index contributed by atoms with van der Waals surface area (Å²) >= 11 is 6.07. The lowest BCUT2D eigenvalue weighted by Gasteiger charge is -2.08. The molecule has 0 spiro atoms. The van der Waals surface area contributed by atoms with E-state index in [1.807, 2.05) is 65.4 Å². The van der Waals surface area contributed by atoms with Gasteiger partial charge in [-0.2, -0.15) is 0 Å². The molecule has 6 heteroatoms. The molecular weight excluding hydrogens is 370 g/mol. The Hall–Kier alpha value is -3.44. The molecule has 28 heavy (non-hydrogen) atoms. The summed E-state index contributed by atoms with van der Waals surface area (Å²) in [5.41, 5.74) is 4.91. The van der Waals surface area contributed by atoms with Crippen LogP contribution < -0.4 is 5.32 Å². The van der Waals surface area contributed by atoms with E-state index in [1.165, 1.54) is 5.56 Å². The Morgan fingerprint density at radius 2 is 1.89 bits per heavy atom. The third kappa shape index (κ3) is 3.28. The van der Waals surface area contributed by atoms with Crippen molar-refractivity contribution in [3.05, 3.63) is 95.4 Å². The first kappa shape index (κ1) is 16.7. The third-order valence-electron chi connectivity index (χ3n) is 4.58. The number of hydrogen-bond donors (Lipinski definition) is 1. The van der Waals surface area contributed by atoms with E-state index in [0.29, 0.717) is 5.02 Å². The molecule has 0 radical (unpaired) electrons. The van der Waals surface area contributed by atoms with Gasteiger partial charge in [0.25, 0.3) is 0 Å². The number of fused-ring (bicyclic) bond motifs is 2. The van der Waals surface area contributed by atoms with Crippen LogP contribution in [0.5, 0.6) is 0 Å². The summed E-state index contributed by atoms with van der Waals surface area (Å²) in [4.78, 5) is 8.86. The second kappa shape index (κ2) is 6.94. The maximum absolute atomic E-state index is 6.07. The maximum Gasteiger partial charge on any atom is 0.153 e. The Morgan fingerprint density at radius 3 is 2.82 bits per heavy atom. The molecule has 0 fully saturated rings. The van der Waals surface area contributed by atoms with Gasteiger partial charge in [0.15, 0.2) is 11.5 Å². The second-order valence-corrected chi connectivity index (χ2v) is 7.02. The Kier molecular flexibility index (Phi) is 4.14. The highest BCUT2D eigenvalue weighted by molar-refractivity contribution is 6.30. The van der Waals surface area contributed by atoms with Crippen molar-refractivity contribution in [2.45, 2.75) is 6.42 Å². The minimum Gasteiger partial charge on any atom is -0.339 e. The Morgan fingerprint density at radius 1 is 0.929 bits per heavy atom. The van der Waals surface area contributed by atoms with Crippen LogP contribution >= 0.6 is 11.6 Å². The van der Waals surface area contributed by atoms with Gasteiger partial charge >= 0.3 is 0 Å². The largest absolute Gasteiger partial charge is 0.339 e. The number of aromatic nitrogens is 4. The quantitative estimate of drug-likeness (QED) is 0.458. The first-order chi connectivity index (χ1) is 13.7. The molecule has 3 heterocycles. The summed E-state index contributed by atoms with van der Waals surface area (Å²) in [6.45, 7) is 0. The van der Waals surface area contributed by atoms with Crippen molar-refractivity contribution in [2.24, 2.45) is 0 Å². The van der Waals surface area contributed by atoms with Crippen molar-refractivity contribution in [1.29, 1.82) is 0 Å². The molecule has 0 aliphatic heterocycles. The zero-order valence-corrected chi connectivity index (χ0v) is 15.6. The molecule has 0 aliphatic rings. The van der Waals surface area contributed by atoms with Gasteiger partial charge in [-0.1, -0.05) is 29.8 Å². The molecule has 0 amide bonds. The average Bonchev–Trinajstić information content (AvgIpc) is 3.10. The normalized spacial score (nSPS) is 11.2. The van der Waals surface area contributed by atoms with Crippen LogP contribution in [0, 0.1) is 0 Å². The highest BCUT2D eigenvalue weighted by Gasteiger charge is 2.08. The van der Waals surface area contributed by atoms with Crippen molar-refractivity contribution in [3.63, 3.8) is 0 Å². The minimum atomic E-state index is 0.681. The number of nitrogens with one attached hydrogen (secondary N) is 1. The predicted molar refractivity (Wildman–Crippen MR) is 112 cm³/mol. The van der Waals surface area contributed by atoms with Crippen LogP contribution in [0.3, 0.4) is 0 Å². The number of hydrogen-bond acceptors (Lipinski definition) is 4. The SMILES string of the molecule is Clc1cccc(Nc2ccc3ncc(Cc4ccc5ncccc5c4)n3n2)c1. The number of halogens is 1. The summed E-state index contributed by atoms with van der Waals surface area (Å²) in [5.74, 6) is 0.733. The molecular formula is C22H16ClN5. The second-order valence-electron chi connectivity index (χ2n) is 6.58. The summed E-state index contributed by atoms with van der Waals surface area (Å²) in [6, 6.07) is 21.8. The minimum absolute atomic E-state index is 0.681. The smallest absolute Gasteiger partial charge is 0.153 e. The van der Waals surface area contributed by atoms with Crippen LogP contribution in [0.15, 0.2) is 79.1 Å². The van der Waals surface area contributed by atoms with Crippen molar-refractivity contribution in [3.8, 4) is 0 Å². The van der Waals surface area contributed by atoms with E-state index in [0.717, 1.165) is 40.2 Å². The maximum atomic E-state index is 6.07. The first-order valence-electron chi connectivity index (χ1n) is 8.94. The summed E-state index contributed by atoms with van der Waals surface area (Å²) < 4.78 is 1.88. The molecule has 0 bridgehead atoms. The molecule has 3 aromatic heterocycles. The van der Waals surface area contributed by atoms with Crippen LogP contribution in [0.25, 0.3) is 16.6 Å². The van der Waals surface area contributed by atoms with E-state index in [-0.39, 0.29) is 0 Å². The summed E-state index contributed by atoms with van der Waals surface area (Å²) in [6.07, 6.45) is 4.42. The van der Waals surface area contributed by atoms with Crippen molar-refractivity contribution in [2.75, 3.05) is 5.32 Å². The zero-order chi connectivity index (χ0) is 18.9. The third-order valence-corrected chi connectivity index (χ3v) is 4.82. The van der Waals surface area contributed by atoms with Gasteiger partial charge in [-0.25, -0.2) is 9.50 Å². The lowest BCUT2D eigenvalue weighted by Crippen LogP contribution is -2.02. The molecule has 0 aliphatic carbocycles. The van der Waals surface area contributed by atoms with Crippen LogP contribution in [0.4, 0.5) is 11.5 Å². The lowest BCUT2D eigenvalue weighted by molar-refractivity contribution is 0.876. The lowest BCUT2D eigenvalue weighted by atomic mass is 10.1. The van der Waals surface area contributed by atoms with Gasteiger partial charge in [0.05, 0.1) is 17.4 Å². The van der Waals surface area contributed by atoms with Gasteiger partial charge in [0.2, 0.25) is 0 Å². The number of pyridine rings is 1. The standard InChI is InChI=1S/C22H16ClN5/c23-17-4-1-5-18(13-17)26-21-8-9-22-25-14-19(28(22)27-21)12-15-6-7-20-16(11-15)3-2-10-24-20/h1-11,13-14H,12H2,(H,26,27). The van der Waals surface area contributed by atoms with Crippen LogP contribution in [-0.2, 0) is 6.42 Å². The van der Waals surface area contributed by atoms with Gasteiger partial charge < -0.3 is 5.32 Å². The monoisotopic (exact) mass is 385 g/mol.